The summed E-state index contributed by atoms with van der Waals surface area (Å²) in [7, 11) is 1.89. The molecule has 0 unspecified atom stereocenters. The van der Waals surface area contributed by atoms with Gasteiger partial charge in [-0.15, -0.1) is 0 Å². The van der Waals surface area contributed by atoms with Gasteiger partial charge in [0.1, 0.15) is 4.60 Å². The molecule has 0 amide bonds. The van der Waals surface area contributed by atoms with Crippen molar-refractivity contribution in [3.63, 3.8) is 0 Å². The van der Waals surface area contributed by atoms with Crippen LogP contribution >= 0.6 is 15.9 Å². The van der Waals surface area contributed by atoms with Gasteiger partial charge in [0.2, 0.25) is 0 Å². The molecule has 4 heteroatoms. The maximum absolute atomic E-state index is 10.7. The fourth-order valence-corrected chi connectivity index (χ4v) is 1.71. The topological polar surface area (TPSA) is 34.9 Å². The van der Waals surface area contributed by atoms with Gasteiger partial charge < -0.3 is 4.57 Å². The molecule has 0 aliphatic carbocycles. The third kappa shape index (κ3) is 1.27. The van der Waals surface area contributed by atoms with Gasteiger partial charge in [-0.2, -0.15) is 0 Å². The Morgan fingerprint density at radius 3 is 3.08 bits per heavy atom. The van der Waals surface area contributed by atoms with Crippen molar-refractivity contribution in [2.24, 2.45) is 7.05 Å². The summed E-state index contributed by atoms with van der Waals surface area (Å²) in [4.78, 5) is 14.8. The number of aromatic nitrogens is 2. The van der Waals surface area contributed by atoms with Crippen molar-refractivity contribution >= 4 is 33.1 Å². The van der Waals surface area contributed by atoms with Crippen LogP contribution in [0.4, 0.5) is 0 Å². The van der Waals surface area contributed by atoms with Crippen LogP contribution in [0, 0.1) is 0 Å². The lowest BCUT2D eigenvalue weighted by molar-refractivity contribution is 0.112. The number of hydrogen-bond acceptors (Lipinski definition) is 2. The lowest BCUT2D eigenvalue weighted by Gasteiger charge is -1.94. The van der Waals surface area contributed by atoms with Crippen molar-refractivity contribution in [3.8, 4) is 0 Å². The highest BCUT2D eigenvalue weighted by Gasteiger charge is 2.05. The number of rotatable bonds is 1. The average Bonchev–Trinajstić information content (AvgIpc) is 2.42. The molecule has 0 aromatic carbocycles. The normalized spacial score (nSPS) is 10.6. The number of halogens is 1. The number of fused-ring (bicyclic) bond motifs is 1. The lowest BCUT2D eigenvalue weighted by Crippen LogP contribution is -1.84. The Labute approximate surface area is 83.5 Å². The molecule has 0 bridgehead atoms. The van der Waals surface area contributed by atoms with Crippen molar-refractivity contribution < 1.29 is 4.79 Å². The van der Waals surface area contributed by atoms with Crippen LogP contribution in [0.1, 0.15) is 10.4 Å². The molecule has 0 saturated heterocycles. The van der Waals surface area contributed by atoms with E-state index in [4.69, 9.17) is 0 Å². The molecule has 2 aromatic rings. The molecule has 3 nitrogen and oxygen atoms in total. The van der Waals surface area contributed by atoms with E-state index in [1.807, 2.05) is 17.7 Å². The molecule has 0 saturated carbocycles. The van der Waals surface area contributed by atoms with E-state index in [1.54, 1.807) is 12.4 Å². The minimum absolute atomic E-state index is 0.695. The molecule has 0 fully saturated rings. The summed E-state index contributed by atoms with van der Waals surface area (Å²) >= 11 is 3.27. The van der Waals surface area contributed by atoms with Gasteiger partial charge >= 0.3 is 0 Å². The summed E-state index contributed by atoms with van der Waals surface area (Å²) in [6.07, 6.45) is 4.40. The Hall–Kier alpha value is -1.16. The maximum Gasteiger partial charge on any atom is 0.152 e. The molecule has 0 atom stereocenters. The Bertz CT molecular complexity index is 476. The van der Waals surface area contributed by atoms with Crippen molar-refractivity contribution in [3.05, 3.63) is 28.6 Å². The Kier molecular flexibility index (Phi) is 1.92. The minimum Gasteiger partial charge on any atom is -0.349 e. The van der Waals surface area contributed by atoms with Crippen LogP contribution in [0.2, 0.25) is 0 Å². The summed E-state index contributed by atoms with van der Waals surface area (Å²) in [5, 5.41) is 0.930. The second-order valence-corrected chi connectivity index (χ2v) is 3.65. The molecule has 2 rings (SSSR count). The second kappa shape index (κ2) is 2.96. The van der Waals surface area contributed by atoms with E-state index < -0.39 is 0 Å². The fourth-order valence-electron chi connectivity index (χ4n) is 1.38. The second-order valence-electron chi connectivity index (χ2n) is 2.84. The van der Waals surface area contributed by atoms with Gasteiger partial charge in [0.15, 0.2) is 6.29 Å². The summed E-state index contributed by atoms with van der Waals surface area (Å²) in [5.74, 6) is 0. The summed E-state index contributed by atoms with van der Waals surface area (Å²) in [6.45, 7) is 0. The molecule has 13 heavy (non-hydrogen) atoms. The van der Waals surface area contributed by atoms with Crippen molar-refractivity contribution in [2.75, 3.05) is 0 Å². The predicted octanol–water partition coefficient (Wildman–Crippen LogP) is 2.15. The van der Waals surface area contributed by atoms with Crippen molar-refractivity contribution in [1.29, 1.82) is 0 Å². The number of pyridine rings is 1. The van der Waals surface area contributed by atoms with E-state index in [0.29, 0.717) is 5.56 Å². The SMILES string of the molecule is Cn1cc(C=O)c2cc(Br)ncc21. The molecule has 0 aliphatic rings. The Morgan fingerprint density at radius 1 is 1.62 bits per heavy atom. The Morgan fingerprint density at radius 2 is 2.38 bits per heavy atom. The first-order valence-corrected chi connectivity index (χ1v) is 4.57. The number of carbonyl (C=O) groups excluding carboxylic acids is 1. The quantitative estimate of drug-likeness (QED) is 0.564. The number of nitrogens with zero attached hydrogens (tertiary/aromatic N) is 2. The molecule has 0 radical (unpaired) electrons. The Balaban J connectivity index is 2.89. The van der Waals surface area contributed by atoms with Crippen LogP contribution in [-0.4, -0.2) is 15.8 Å². The minimum atomic E-state index is 0.695. The zero-order valence-electron chi connectivity index (χ0n) is 6.99. The van der Waals surface area contributed by atoms with E-state index >= 15 is 0 Å². The first-order valence-electron chi connectivity index (χ1n) is 3.78. The third-order valence-electron chi connectivity index (χ3n) is 2.00. The molecule has 0 N–H and O–H groups in total. The summed E-state index contributed by atoms with van der Waals surface area (Å²) in [5.41, 5.74) is 1.66. The van der Waals surface area contributed by atoms with E-state index in [2.05, 4.69) is 20.9 Å². The van der Waals surface area contributed by atoms with Crippen LogP contribution in [0.5, 0.6) is 0 Å². The molecule has 2 aromatic heterocycles. The van der Waals surface area contributed by atoms with E-state index in [1.165, 1.54) is 0 Å². The zero-order chi connectivity index (χ0) is 9.42. The van der Waals surface area contributed by atoms with Crippen LogP contribution in [-0.2, 0) is 7.05 Å². The zero-order valence-corrected chi connectivity index (χ0v) is 8.58. The van der Waals surface area contributed by atoms with Crippen LogP contribution < -0.4 is 0 Å². The van der Waals surface area contributed by atoms with E-state index in [-0.39, 0.29) is 0 Å². The van der Waals surface area contributed by atoms with Gasteiger partial charge in [-0.05, 0) is 22.0 Å². The van der Waals surface area contributed by atoms with Gasteiger partial charge in [0.05, 0.1) is 11.7 Å². The smallest absolute Gasteiger partial charge is 0.152 e. The number of aldehydes is 1. The largest absolute Gasteiger partial charge is 0.349 e. The predicted molar refractivity (Wildman–Crippen MR) is 53.8 cm³/mol. The molecule has 0 aliphatic heterocycles. The van der Waals surface area contributed by atoms with Gasteiger partial charge in [-0.3, -0.25) is 4.79 Å². The van der Waals surface area contributed by atoms with Crippen molar-refractivity contribution in [1.82, 2.24) is 9.55 Å². The van der Waals surface area contributed by atoms with Gasteiger partial charge in [0, 0.05) is 24.2 Å². The van der Waals surface area contributed by atoms with Crippen LogP contribution in [0.15, 0.2) is 23.1 Å². The highest BCUT2D eigenvalue weighted by molar-refractivity contribution is 9.10. The van der Waals surface area contributed by atoms with Crippen LogP contribution in [0.25, 0.3) is 10.9 Å². The molecular formula is C9H7BrN2O. The number of carbonyl (C=O) groups is 1. The molecular weight excluding hydrogens is 232 g/mol. The van der Waals surface area contributed by atoms with Gasteiger partial charge in [-0.1, -0.05) is 0 Å². The van der Waals surface area contributed by atoms with E-state index in [0.717, 1.165) is 21.8 Å². The van der Waals surface area contributed by atoms with Crippen LogP contribution in [0.3, 0.4) is 0 Å². The fraction of sp³-hybridized carbons (Fsp3) is 0.111. The first kappa shape index (κ1) is 8.44. The van der Waals surface area contributed by atoms with Gasteiger partial charge in [-0.25, -0.2) is 4.98 Å². The summed E-state index contributed by atoms with van der Waals surface area (Å²) in [6, 6.07) is 1.85. The van der Waals surface area contributed by atoms with Gasteiger partial charge in [0.25, 0.3) is 0 Å². The maximum atomic E-state index is 10.7. The van der Waals surface area contributed by atoms with Crippen molar-refractivity contribution in [2.45, 2.75) is 0 Å². The number of hydrogen-bond donors (Lipinski definition) is 0. The third-order valence-corrected chi connectivity index (χ3v) is 2.43. The number of aryl methyl sites for hydroxylation is 1. The molecule has 0 spiro atoms. The first-order chi connectivity index (χ1) is 6.22. The summed E-state index contributed by atoms with van der Waals surface area (Å²) < 4.78 is 2.63. The average molecular weight is 239 g/mol. The molecule has 2 heterocycles. The monoisotopic (exact) mass is 238 g/mol. The highest BCUT2D eigenvalue weighted by Crippen LogP contribution is 2.21. The standard InChI is InChI=1S/C9H7BrN2O/c1-12-4-6(5-13)7-2-9(10)11-3-8(7)12/h2-5H,1H3. The van der Waals surface area contributed by atoms with E-state index in [9.17, 15) is 4.79 Å². The highest BCUT2D eigenvalue weighted by atomic mass is 79.9. The molecule has 66 valence electrons. The lowest BCUT2D eigenvalue weighted by atomic mass is 10.2.